The SMILES string of the molecule is CCC(Oc1cccc(C)c1)C(=O)Nc1cccc(S(=O)(=O)NCCN)c1.Cl. The Hall–Kier alpha value is -2.13. The van der Waals surface area contributed by atoms with Crippen molar-refractivity contribution in [1.82, 2.24) is 4.72 Å². The molecule has 0 aliphatic heterocycles. The van der Waals surface area contributed by atoms with Gasteiger partial charge in [0.05, 0.1) is 4.90 Å². The van der Waals surface area contributed by atoms with Gasteiger partial charge >= 0.3 is 0 Å². The van der Waals surface area contributed by atoms with Crippen molar-refractivity contribution < 1.29 is 17.9 Å². The Bertz CT molecular complexity index is 890. The van der Waals surface area contributed by atoms with Crippen molar-refractivity contribution in [3.8, 4) is 5.75 Å². The van der Waals surface area contributed by atoms with Crippen LogP contribution >= 0.6 is 12.4 Å². The molecule has 9 heteroatoms. The molecule has 0 aromatic heterocycles. The summed E-state index contributed by atoms with van der Waals surface area (Å²) in [6.07, 6.45) is -0.224. The fourth-order valence-corrected chi connectivity index (χ4v) is 3.51. The average molecular weight is 428 g/mol. The van der Waals surface area contributed by atoms with E-state index in [0.717, 1.165) is 5.56 Å². The van der Waals surface area contributed by atoms with Crippen molar-refractivity contribution >= 4 is 34.0 Å². The van der Waals surface area contributed by atoms with Gasteiger partial charge in [-0.2, -0.15) is 0 Å². The van der Waals surface area contributed by atoms with Crippen LogP contribution in [-0.4, -0.2) is 33.5 Å². The van der Waals surface area contributed by atoms with Crippen LogP contribution in [0.2, 0.25) is 0 Å². The number of rotatable bonds is 9. The Kier molecular flexibility index (Phi) is 9.40. The maximum atomic E-state index is 12.5. The van der Waals surface area contributed by atoms with E-state index in [0.29, 0.717) is 17.9 Å². The molecule has 2 aromatic rings. The van der Waals surface area contributed by atoms with Gasteiger partial charge in [-0.1, -0.05) is 25.1 Å². The summed E-state index contributed by atoms with van der Waals surface area (Å²) in [4.78, 5) is 12.6. The van der Waals surface area contributed by atoms with Gasteiger partial charge in [0.1, 0.15) is 5.75 Å². The molecule has 0 spiro atoms. The molecule has 0 aliphatic rings. The number of anilines is 1. The van der Waals surface area contributed by atoms with Gasteiger partial charge in [-0.3, -0.25) is 4.79 Å². The summed E-state index contributed by atoms with van der Waals surface area (Å²) in [5.41, 5.74) is 6.74. The van der Waals surface area contributed by atoms with Crippen LogP contribution < -0.4 is 20.5 Å². The molecule has 7 nitrogen and oxygen atoms in total. The number of nitrogens with one attached hydrogen (secondary N) is 2. The third kappa shape index (κ3) is 6.79. The van der Waals surface area contributed by atoms with Crippen molar-refractivity contribution in [3.05, 3.63) is 54.1 Å². The van der Waals surface area contributed by atoms with Crippen LogP contribution in [-0.2, 0) is 14.8 Å². The normalized spacial score (nSPS) is 12.0. The summed E-state index contributed by atoms with van der Waals surface area (Å²) < 4.78 is 32.5. The van der Waals surface area contributed by atoms with Crippen molar-refractivity contribution in [2.45, 2.75) is 31.3 Å². The van der Waals surface area contributed by atoms with E-state index in [1.165, 1.54) is 12.1 Å². The summed E-state index contributed by atoms with van der Waals surface area (Å²) in [7, 11) is -3.67. The first-order valence-electron chi connectivity index (χ1n) is 8.69. The molecule has 28 heavy (non-hydrogen) atoms. The standard InChI is InChI=1S/C19H25N3O4S.ClH/c1-3-18(26-16-8-4-6-14(2)12-16)19(23)22-15-7-5-9-17(13-15)27(24,25)21-11-10-20;/h4-9,12-13,18,21H,3,10-11,20H2,1-2H3,(H,22,23);1H. The number of amides is 1. The topological polar surface area (TPSA) is 111 Å². The van der Waals surface area contributed by atoms with E-state index in [9.17, 15) is 13.2 Å². The first kappa shape index (κ1) is 23.9. The molecule has 0 fully saturated rings. The molecule has 4 N–H and O–H groups in total. The molecular formula is C19H26ClN3O4S. The molecular weight excluding hydrogens is 402 g/mol. The van der Waals surface area contributed by atoms with E-state index in [-0.39, 0.29) is 36.3 Å². The minimum atomic E-state index is -3.67. The van der Waals surface area contributed by atoms with Crippen LogP contribution in [0.15, 0.2) is 53.4 Å². The zero-order valence-electron chi connectivity index (χ0n) is 15.8. The smallest absolute Gasteiger partial charge is 0.265 e. The molecule has 0 aliphatic carbocycles. The number of benzene rings is 2. The van der Waals surface area contributed by atoms with E-state index < -0.39 is 16.1 Å². The molecule has 0 radical (unpaired) electrons. The number of nitrogens with two attached hydrogens (primary N) is 1. The van der Waals surface area contributed by atoms with Gasteiger partial charge in [-0.15, -0.1) is 12.4 Å². The largest absolute Gasteiger partial charge is 0.481 e. The number of hydrogen-bond donors (Lipinski definition) is 3. The Labute approximate surface area is 172 Å². The quantitative estimate of drug-likeness (QED) is 0.569. The summed E-state index contributed by atoms with van der Waals surface area (Å²) in [5.74, 6) is 0.266. The zero-order valence-corrected chi connectivity index (χ0v) is 17.5. The highest BCUT2D eigenvalue weighted by Gasteiger charge is 2.20. The van der Waals surface area contributed by atoms with Crippen LogP contribution in [0.4, 0.5) is 5.69 Å². The summed E-state index contributed by atoms with van der Waals surface area (Å²) in [5, 5.41) is 2.72. The highest BCUT2D eigenvalue weighted by Crippen LogP contribution is 2.18. The second-order valence-electron chi connectivity index (χ2n) is 6.03. The van der Waals surface area contributed by atoms with Crippen LogP contribution in [0.25, 0.3) is 0 Å². The predicted molar refractivity (Wildman–Crippen MR) is 112 cm³/mol. The Morgan fingerprint density at radius 1 is 1.18 bits per heavy atom. The molecule has 1 atom stereocenters. The minimum absolute atomic E-state index is 0. The lowest BCUT2D eigenvalue weighted by molar-refractivity contribution is -0.122. The van der Waals surface area contributed by atoms with E-state index >= 15 is 0 Å². The van der Waals surface area contributed by atoms with E-state index in [2.05, 4.69) is 10.0 Å². The van der Waals surface area contributed by atoms with Gasteiger partial charge < -0.3 is 15.8 Å². The van der Waals surface area contributed by atoms with Gasteiger partial charge in [0, 0.05) is 18.8 Å². The Balaban J connectivity index is 0.00000392. The number of ether oxygens (including phenoxy) is 1. The minimum Gasteiger partial charge on any atom is -0.481 e. The molecule has 0 bridgehead atoms. The van der Waals surface area contributed by atoms with Gasteiger partial charge in [-0.05, 0) is 49.2 Å². The van der Waals surface area contributed by atoms with Crippen LogP contribution in [0.5, 0.6) is 5.75 Å². The van der Waals surface area contributed by atoms with Crippen molar-refractivity contribution in [1.29, 1.82) is 0 Å². The van der Waals surface area contributed by atoms with Crippen molar-refractivity contribution in [2.24, 2.45) is 5.73 Å². The van der Waals surface area contributed by atoms with Gasteiger partial charge in [0.2, 0.25) is 10.0 Å². The molecule has 154 valence electrons. The fourth-order valence-electron chi connectivity index (χ4n) is 2.42. The summed E-state index contributed by atoms with van der Waals surface area (Å²) in [6.45, 7) is 4.13. The third-order valence-electron chi connectivity index (χ3n) is 3.78. The first-order chi connectivity index (χ1) is 12.9. The van der Waals surface area contributed by atoms with Crippen LogP contribution in [0, 0.1) is 6.92 Å². The molecule has 2 rings (SSSR count). The number of sulfonamides is 1. The molecule has 2 aromatic carbocycles. The van der Waals surface area contributed by atoms with Gasteiger partial charge in [0.25, 0.3) is 5.91 Å². The highest BCUT2D eigenvalue weighted by molar-refractivity contribution is 7.89. The Morgan fingerprint density at radius 2 is 1.89 bits per heavy atom. The molecule has 0 saturated carbocycles. The maximum absolute atomic E-state index is 12.5. The Morgan fingerprint density at radius 3 is 2.54 bits per heavy atom. The lowest BCUT2D eigenvalue weighted by Crippen LogP contribution is -2.32. The molecule has 1 amide bonds. The molecule has 0 heterocycles. The average Bonchev–Trinajstić information content (AvgIpc) is 2.64. The fraction of sp³-hybridized carbons (Fsp3) is 0.316. The predicted octanol–water partition coefficient (Wildman–Crippen LogP) is 2.45. The second-order valence-corrected chi connectivity index (χ2v) is 7.80. The van der Waals surface area contributed by atoms with Crippen LogP contribution in [0.3, 0.4) is 0 Å². The van der Waals surface area contributed by atoms with Crippen LogP contribution in [0.1, 0.15) is 18.9 Å². The summed E-state index contributed by atoms with van der Waals surface area (Å²) >= 11 is 0. The second kappa shape index (κ2) is 11.0. The number of aryl methyl sites for hydroxylation is 1. The first-order valence-corrected chi connectivity index (χ1v) is 10.2. The number of carbonyl (C=O) groups is 1. The van der Waals surface area contributed by atoms with Gasteiger partial charge in [0.15, 0.2) is 6.10 Å². The van der Waals surface area contributed by atoms with Crippen molar-refractivity contribution in [3.63, 3.8) is 0 Å². The number of carbonyl (C=O) groups excluding carboxylic acids is 1. The summed E-state index contributed by atoms with van der Waals surface area (Å²) in [6, 6.07) is 13.5. The number of hydrogen-bond acceptors (Lipinski definition) is 5. The number of halogens is 1. The zero-order chi connectivity index (χ0) is 19.9. The lowest BCUT2D eigenvalue weighted by atomic mass is 10.2. The molecule has 0 saturated heterocycles. The van der Waals surface area contributed by atoms with Gasteiger partial charge in [-0.25, -0.2) is 13.1 Å². The monoisotopic (exact) mass is 427 g/mol. The van der Waals surface area contributed by atoms with E-state index in [1.54, 1.807) is 18.2 Å². The highest BCUT2D eigenvalue weighted by atomic mass is 35.5. The third-order valence-corrected chi connectivity index (χ3v) is 5.24. The maximum Gasteiger partial charge on any atom is 0.265 e. The molecule has 1 unspecified atom stereocenters. The van der Waals surface area contributed by atoms with E-state index in [1.807, 2.05) is 32.0 Å². The lowest BCUT2D eigenvalue weighted by Gasteiger charge is -2.18. The van der Waals surface area contributed by atoms with Crippen molar-refractivity contribution in [2.75, 3.05) is 18.4 Å². The van der Waals surface area contributed by atoms with E-state index in [4.69, 9.17) is 10.5 Å².